The minimum atomic E-state index is -1.09. The number of pyridine rings is 1. The van der Waals surface area contributed by atoms with Crippen LogP contribution in [0.25, 0.3) is 16.9 Å². The first-order chi connectivity index (χ1) is 9.56. The first kappa shape index (κ1) is 12.8. The summed E-state index contributed by atoms with van der Waals surface area (Å²) in [7, 11) is 0. The van der Waals surface area contributed by atoms with Crippen LogP contribution in [0.3, 0.4) is 0 Å². The molecule has 4 nitrogen and oxygen atoms in total. The molecule has 0 radical (unpaired) electrons. The summed E-state index contributed by atoms with van der Waals surface area (Å²) in [6.07, 6.45) is 1.64. The fourth-order valence-electron chi connectivity index (χ4n) is 2.03. The molecule has 2 aromatic heterocycles. The SMILES string of the molecule is O=C(O)c1c(-c2ccc(F)cc2)nc2ccc(Br)cn12. The Hall–Kier alpha value is -2.21. The summed E-state index contributed by atoms with van der Waals surface area (Å²) in [4.78, 5) is 15.8. The van der Waals surface area contributed by atoms with Crippen molar-refractivity contribution in [3.8, 4) is 11.3 Å². The third-order valence-electron chi connectivity index (χ3n) is 2.90. The summed E-state index contributed by atoms with van der Waals surface area (Å²) < 4.78 is 15.2. The van der Waals surface area contributed by atoms with Crippen molar-refractivity contribution in [3.05, 3.63) is 58.6 Å². The Morgan fingerprint density at radius 2 is 1.90 bits per heavy atom. The smallest absolute Gasteiger partial charge is 0.355 e. The van der Waals surface area contributed by atoms with E-state index in [0.717, 1.165) is 4.47 Å². The Bertz CT molecular complexity index is 812. The second kappa shape index (κ2) is 4.72. The average Bonchev–Trinajstić information content (AvgIpc) is 2.78. The monoisotopic (exact) mass is 334 g/mol. The van der Waals surface area contributed by atoms with Gasteiger partial charge in [-0.2, -0.15) is 0 Å². The molecule has 6 heteroatoms. The van der Waals surface area contributed by atoms with E-state index < -0.39 is 5.97 Å². The quantitative estimate of drug-likeness (QED) is 0.779. The summed E-state index contributed by atoms with van der Waals surface area (Å²) in [6, 6.07) is 9.07. The number of fused-ring (bicyclic) bond motifs is 1. The molecule has 0 bridgehead atoms. The number of carbonyl (C=O) groups is 1. The second-order valence-electron chi connectivity index (χ2n) is 4.20. The lowest BCUT2D eigenvalue weighted by molar-refractivity contribution is 0.0690. The van der Waals surface area contributed by atoms with E-state index in [0.29, 0.717) is 16.9 Å². The van der Waals surface area contributed by atoms with Gasteiger partial charge < -0.3 is 5.11 Å². The highest BCUT2D eigenvalue weighted by atomic mass is 79.9. The molecule has 1 aromatic carbocycles. The highest BCUT2D eigenvalue weighted by Crippen LogP contribution is 2.26. The lowest BCUT2D eigenvalue weighted by Crippen LogP contribution is -2.03. The number of aromatic carboxylic acids is 1. The average molecular weight is 335 g/mol. The van der Waals surface area contributed by atoms with Gasteiger partial charge in [-0.25, -0.2) is 14.2 Å². The maximum Gasteiger partial charge on any atom is 0.355 e. The predicted octanol–water partition coefficient (Wildman–Crippen LogP) is 3.60. The van der Waals surface area contributed by atoms with Gasteiger partial charge in [-0.15, -0.1) is 0 Å². The Morgan fingerprint density at radius 3 is 2.55 bits per heavy atom. The maximum atomic E-state index is 13.0. The Kier molecular flexibility index (Phi) is 3.02. The second-order valence-corrected chi connectivity index (χ2v) is 5.11. The van der Waals surface area contributed by atoms with E-state index >= 15 is 0 Å². The van der Waals surface area contributed by atoms with Crippen LogP contribution in [-0.2, 0) is 0 Å². The summed E-state index contributed by atoms with van der Waals surface area (Å²) in [5, 5.41) is 9.41. The molecule has 0 atom stereocenters. The van der Waals surface area contributed by atoms with Crippen molar-refractivity contribution in [2.24, 2.45) is 0 Å². The Morgan fingerprint density at radius 1 is 1.20 bits per heavy atom. The van der Waals surface area contributed by atoms with Crippen molar-refractivity contribution >= 4 is 27.5 Å². The van der Waals surface area contributed by atoms with Crippen molar-refractivity contribution in [2.75, 3.05) is 0 Å². The highest BCUT2D eigenvalue weighted by Gasteiger charge is 2.19. The minimum Gasteiger partial charge on any atom is -0.476 e. The van der Waals surface area contributed by atoms with E-state index in [1.165, 1.54) is 28.7 Å². The molecule has 0 spiro atoms. The van der Waals surface area contributed by atoms with E-state index in [1.54, 1.807) is 18.3 Å². The molecule has 0 unspecified atom stereocenters. The van der Waals surface area contributed by atoms with Gasteiger partial charge in [0, 0.05) is 16.2 Å². The number of imidazole rings is 1. The van der Waals surface area contributed by atoms with Crippen molar-refractivity contribution in [1.29, 1.82) is 0 Å². The van der Waals surface area contributed by atoms with Gasteiger partial charge in [-0.05, 0) is 52.3 Å². The third kappa shape index (κ3) is 2.08. The number of benzene rings is 1. The number of carboxylic acids is 1. The summed E-state index contributed by atoms with van der Waals surface area (Å²) in [5.74, 6) is -1.47. The van der Waals surface area contributed by atoms with Crippen molar-refractivity contribution in [2.45, 2.75) is 0 Å². The fourth-order valence-corrected chi connectivity index (χ4v) is 2.37. The van der Waals surface area contributed by atoms with Gasteiger partial charge in [0.25, 0.3) is 0 Å². The van der Waals surface area contributed by atoms with Crippen LogP contribution < -0.4 is 0 Å². The summed E-state index contributed by atoms with van der Waals surface area (Å²) in [5.41, 5.74) is 1.44. The number of hydrogen-bond donors (Lipinski definition) is 1. The van der Waals surface area contributed by atoms with Crippen LogP contribution in [0.15, 0.2) is 47.1 Å². The lowest BCUT2D eigenvalue weighted by atomic mass is 10.1. The number of nitrogens with zero attached hydrogens (tertiary/aromatic N) is 2. The van der Waals surface area contributed by atoms with Crippen LogP contribution in [0.5, 0.6) is 0 Å². The molecule has 0 saturated heterocycles. The van der Waals surface area contributed by atoms with Gasteiger partial charge in [0.15, 0.2) is 5.69 Å². The molecular weight excluding hydrogens is 327 g/mol. The minimum absolute atomic E-state index is 0.0490. The van der Waals surface area contributed by atoms with Crippen LogP contribution in [0.4, 0.5) is 4.39 Å². The van der Waals surface area contributed by atoms with Crippen LogP contribution in [0.2, 0.25) is 0 Å². The molecule has 0 aliphatic heterocycles. The molecule has 0 fully saturated rings. The van der Waals surface area contributed by atoms with Crippen LogP contribution >= 0.6 is 15.9 Å². The Balaban J connectivity index is 2.32. The number of carboxylic acid groups (broad SMARTS) is 1. The van der Waals surface area contributed by atoms with Gasteiger partial charge in [0.2, 0.25) is 0 Å². The van der Waals surface area contributed by atoms with Gasteiger partial charge in [-0.3, -0.25) is 4.40 Å². The maximum absolute atomic E-state index is 13.0. The van der Waals surface area contributed by atoms with Crippen LogP contribution in [0.1, 0.15) is 10.5 Å². The molecular formula is C14H8BrFN2O2. The molecule has 0 aliphatic carbocycles. The van der Waals surface area contributed by atoms with Crippen LogP contribution in [-0.4, -0.2) is 20.5 Å². The molecule has 2 heterocycles. The van der Waals surface area contributed by atoms with E-state index in [2.05, 4.69) is 20.9 Å². The molecule has 20 heavy (non-hydrogen) atoms. The predicted molar refractivity (Wildman–Crippen MR) is 75.2 cm³/mol. The van der Waals surface area contributed by atoms with Crippen molar-refractivity contribution < 1.29 is 14.3 Å². The highest BCUT2D eigenvalue weighted by molar-refractivity contribution is 9.10. The van der Waals surface area contributed by atoms with E-state index in [4.69, 9.17) is 0 Å². The standard InChI is InChI=1S/C14H8BrFN2O2/c15-9-3-6-11-17-12(8-1-4-10(16)5-2-8)13(14(19)20)18(11)7-9/h1-7H,(H,19,20). The molecule has 0 amide bonds. The fraction of sp³-hybridized carbons (Fsp3) is 0. The number of rotatable bonds is 2. The van der Waals surface area contributed by atoms with E-state index in [1.807, 2.05) is 0 Å². The molecule has 0 saturated carbocycles. The molecule has 3 aromatic rings. The van der Waals surface area contributed by atoms with Gasteiger partial charge in [0.1, 0.15) is 17.2 Å². The zero-order valence-electron chi connectivity index (χ0n) is 10.0. The third-order valence-corrected chi connectivity index (χ3v) is 3.37. The lowest BCUT2D eigenvalue weighted by Gasteiger charge is -2.00. The topological polar surface area (TPSA) is 54.6 Å². The van der Waals surface area contributed by atoms with E-state index in [-0.39, 0.29) is 11.5 Å². The largest absolute Gasteiger partial charge is 0.476 e. The number of halogens is 2. The van der Waals surface area contributed by atoms with Gasteiger partial charge in [-0.1, -0.05) is 0 Å². The van der Waals surface area contributed by atoms with Crippen molar-refractivity contribution in [1.82, 2.24) is 9.38 Å². The first-order valence-electron chi connectivity index (χ1n) is 5.73. The summed E-state index contributed by atoms with van der Waals surface area (Å²) in [6.45, 7) is 0. The zero-order valence-corrected chi connectivity index (χ0v) is 11.6. The van der Waals surface area contributed by atoms with Gasteiger partial charge >= 0.3 is 5.97 Å². The molecule has 0 aliphatic rings. The molecule has 3 rings (SSSR count). The van der Waals surface area contributed by atoms with E-state index in [9.17, 15) is 14.3 Å². The molecule has 1 N–H and O–H groups in total. The normalized spacial score (nSPS) is 10.9. The van der Waals surface area contributed by atoms with Crippen molar-refractivity contribution in [3.63, 3.8) is 0 Å². The number of hydrogen-bond acceptors (Lipinski definition) is 2. The van der Waals surface area contributed by atoms with Gasteiger partial charge in [0.05, 0.1) is 0 Å². The first-order valence-corrected chi connectivity index (χ1v) is 6.52. The Labute approximate surface area is 121 Å². The number of aromatic nitrogens is 2. The zero-order chi connectivity index (χ0) is 14.3. The molecule has 100 valence electrons. The van der Waals surface area contributed by atoms with Crippen LogP contribution in [0, 0.1) is 5.82 Å². The summed E-state index contributed by atoms with van der Waals surface area (Å²) >= 11 is 3.30.